The maximum absolute atomic E-state index is 8.88. The van der Waals surface area contributed by atoms with Crippen molar-refractivity contribution in [3.05, 3.63) is 133 Å². The van der Waals surface area contributed by atoms with Gasteiger partial charge in [0.15, 0.2) is 0 Å². The Morgan fingerprint density at radius 2 is 0.550 bits per heavy atom. The first kappa shape index (κ1) is 30.9. The molecule has 0 heterocycles. The first-order chi connectivity index (χ1) is 18.9. The van der Waals surface area contributed by atoms with E-state index in [4.69, 9.17) is 38.5 Å². The van der Waals surface area contributed by atoms with Crippen molar-refractivity contribution in [1.29, 1.82) is 0 Å². The molecular formula is C30H28O8P2. The third-order valence-corrected chi connectivity index (χ3v) is 5.51. The minimum absolute atomic E-state index is 1.23. The van der Waals surface area contributed by atoms with Crippen LogP contribution in [-0.2, 0) is 9.13 Å². The van der Waals surface area contributed by atoms with Crippen LogP contribution in [0.2, 0.25) is 0 Å². The van der Waals surface area contributed by atoms with Gasteiger partial charge in [-0.05, 0) is 50.6 Å². The van der Waals surface area contributed by atoms with Gasteiger partial charge in [-0.15, -0.1) is 0 Å². The van der Waals surface area contributed by atoms with E-state index in [2.05, 4.69) is 133 Å². The Morgan fingerprint density at radius 1 is 0.325 bits per heavy atom. The Morgan fingerprint density at radius 3 is 0.850 bits per heavy atom. The fraction of sp³-hybridized carbons (Fsp3) is 0. The fourth-order valence-corrected chi connectivity index (χ4v) is 4.06. The van der Waals surface area contributed by atoms with Crippen LogP contribution < -0.4 is 0 Å². The van der Waals surface area contributed by atoms with Crippen LogP contribution in [0.15, 0.2) is 133 Å². The molecule has 0 amide bonds. The lowest BCUT2D eigenvalue weighted by Crippen LogP contribution is -1.88. The summed E-state index contributed by atoms with van der Waals surface area (Å²) in [4.78, 5) is 43.1. The summed E-state index contributed by atoms with van der Waals surface area (Å²) in [5, 5.41) is 0. The molecule has 0 saturated heterocycles. The van der Waals surface area contributed by atoms with Crippen LogP contribution in [0.3, 0.4) is 0 Å². The van der Waals surface area contributed by atoms with E-state index in [0.717, 1.165) is 0 Å². The van der Waals surface area contributed by atoms with Crippen molar-refractivity contribution in [1.82, 2.24) is 0 Å². The van der Waals surface area contributed by atoms with E-state index >= 15 is 0 Å². The Labute approximate surface area is 232 Å². The normalized spacial score (nSPS) is 10.9. The molecule has 0 fully saturated rings. The lowest BCUT2D eigenvalue weighted by Gasteiger charge is -2.14. The van der Waals surface area contributed by atoms with E-state index in [0.29, 0.717) is 0 Å². The lowest BCUT2D eigenvalue weighted by molar-refractivity contribution is 0.272. The number of hydrogen-bond acceptors (Lipinski definition) is 2. The van der Waals surface area contributed by atoms with Gasteiger partial charge in [-0.25, -0.2) is 9.13 Å². The average molecular weight is 578 g/mol. The molecule has 5 aromatic rings. The maximum Gasteiger partial charge on any atom is 0.466 e. The summed E-state index contributed by atoms with van der Waals surface area (Å²) < 4.78 is 17.8. The Balaban J connectivity index is 0.000000381. The van der Waals surface area contributed by atoms with E-state index in [-0.39, 0.29) is 0 Å². The predicted octanol–water partition coefficient (Wildman–Crippen LogP) is 6.50. The molecule has 0 unspecified atom stereocenters. The van der Waals surface area contributed by atoms with Crippen molar-refractivity contribution in [3.63, 3.8) is 0 Å². The molecule has 5 rings (SSSR count). The van der Waals surface area contributed by atoms with Crippen molar-refractivity contribution in [2.75, 3.05) is 0 Å². The van der Waals surface area contributed by atoms with Gasteiger partial charge in [0.25, 0.3) is 0 Å². The number of rotatable bonds is 4. The van der Waals surface area contributed by atoms with Gasteiger partial charge in [0.05, 0.1) is 0 Å². The highest BCUT2D eigenvalue weighted by atomic mass is 31.2. The monoisotopic (exact) mass is 578 g/mol. The SMILES string of the molecule is O=P(O)(O)O.O=P(O)(O)O.c1ccc(-c2ccccc2-c2cccc(-c3ccccc3-c3ccccc3)c2)cc1. The van der Waals surface area contributed by atoms with Gasteiger partial charge in [-0.2, -0.15) is 0 Å². The number of benzene rings is 5. The van der Waals surface area contributed by atoms with Crippen LogP contribution in [-0.4, -0.2) is 29.4 Å². The first-order valence-corrected chi connectivity index (χ1v) is 15.0. The summed E-state index contributed by atoms with van der Waals surface area (Å²) in [5.41, 5.74) is 9.96. The third kappa shape index (κ3) is 10.5. The molecule has 0 aliphatic heterocycles. The van der Waals surface area contributed by atoms with Crippen LogP contribution in [0, 0.1) is 0 Å². The van der Waals surface area contributed by atoms with Crippen molar-refractivity contribution < 1.29 is 38.5 Å². The Hall–Kier alpha value is -3.68. The molecule has 0 spiro atoms. The van der Waals surface area contributed by atoms with Crippen LogP contribution >= 0.6 is 15.6 Å². The highest BCUT2D eigenvalue weighted by Gasteiger charge is 2.10. The molecule has 5 aromatic carbocycles. The van der Waals surface area contributed by atoms with Gasteiger partial charge >= 0.3 is 15.6 Å². The second kappa shape index (κ2) is 14.1. The molecule has 10 heteroatoms. The predicted molar refractivity (Wildman–Crippen MR) is 157 cm³/mol. The van der Waals surface area contributed by atoms with E-state index in [1.54, 1.807) is 0 Å². The molecule has 40 heavy (non-hydrogen) atoms. The average Bonchev–Trinajstić information content (AvgIpc) is 2.92. The van der Waals surface area contributed by atoms with E-state index in [1.165, 1.54) is 44.5 Å². The zero-order chi connectivity index (χ0) is 29.2. The molecule has 0 radical (unpaired) electrons. The smallest absolute Gasteiger partial charge is 0.303 e. The second-order valence-corrected chi connectivity index (χ2v) is 10.5. The van der Waals surface area contributed by atoms with Gasteiger partial charge in [0.1, 0.15) is 0 Å². The van der Waals surface area contributed by atoms with E-state index in [1.807, 2.05) is 0 Å². The molecule has 0 aromatic heterocycles. The number of phosphoric acid groups is 2. The maximum atomic E-state index is 8.88. The molecule has 6 N–H and O–H groups in total. The van der Waals surface area contributed by atoms with E-state index in [9.17, 15) is 0 Å². The molecule has 0 saturated carbocycles. The quantitative estimate of drug-likeness (QED) is 0.132. The molecule has 0 bridgehead atoms. The van der Waals surface area contributed by atoms with Crippen LogP contribution in [0.25, 0.3) is 44.5 Å². The zero-order valence-electron chi connectivity index (χ0n) is 21.1. The topological polar surface area (TPSA) is 156 Å². The lowest BCUT2D eigenvalue weighted by atomic mass is 9.90. The van der Waals surface area contributed by atoms with Crippen LogP contribution in [0.4, 0.5) is 0 Å². The van der Waals surface area contributed by atoms with Gasteiger partial charge in [0, 0.05) is 0 Å². The first-order valence-electron chi connectivity index (χ1n) is 11.9. The van der Waals surface area contributed by atoms with Gasteiger partial charge < -0.3 is 29.4 Å². The van der Waals surface area contributed by atoms with Crippen molar-refractivity contribution in [3.8, 4) is 44.5 Å². The molecule has 8 nitrogen and oxygen atoms in total. The van der Waals surface area contributed by atoms with Gasteiger partial charge in [0.2, 0.25) is 0 Å². The minimum atomic E-state index is -4.64. The highest BCUT2D eigenvalue weighted by Crippen LogP contribution is 2.37. The van der Waals surface area contributed by atoms with Crippen molar-refractivity contribution in [2.45, 2.75) is 0 Å². The molecule has 206 valence electrons. The summed E-state index contributed by atoms with van der Waals surface area (Å²) in [7, 11) is -9.28. The van der Waals surface area contributed by atoms with Crippen molar-refractivity contribution in [2.24, 2.45) is 0 Å². The molecule has 0 aliphatic carbocycles. The number of hydrogen-bond donors (Lipinski definition) is 6. The largest absolute Gasteiger partial charge is 0.466 e. The Bertz CT molecular complexity index is 1480. The van der Waals surface area contributed by atoms with Gasteiger partial charge in [-0.1, -0.05) is 127 Å². The zero-order valence-corrected chi connectivity index (χ0v) is 22.9. The summed E-state index contributed by atoms with van der Waals surface area (Å²) in [6, 6.07) is 47.4. The minimum Gasteiger partial charge on any atom is -0.303 e. The van der Waals surface area contributed by atoms with Gasteiger partial charge in [-0.3, -0.25) is 0 Å². The highest BCUT2D eigenvalue weighted by molar-refractivity contribution is 7.45. The third-order valence-electron chi connectivity index (χ3n) is 5.51. The summed E-state index contributed by atoms with van der Waals surface area (Å²) in [6.45, 7) is 0. The Kier molecular flexibility index (Phi) is 10.9. The van der Waals surface area contributed by atoms with E-state index < -0.39 is 15.6 Å². The standard InChI is InChI=1S/C30H22.2H3O4P/c1-3-12-23(13-4-1)27-18-7-9-20-29(27)25-16-11-17-26(22-25)30-21-10-8-19-28(30)24-14-5-2-6-15-24;2*1-5(2,3)4/h1-22H;2*(H3,1,2,3,4). The van der Waals surface area contributed by atoms with Crippen LogP contribution in [0.1, 0.15) is 0 Å². The molecule has 0 atom stereocenters. The summed E-state index contributed by atoms with van der Waals surface area (Å²) in [6.07, 6.45) is 0. The van der Waals surface area contributed by atoms with Crippen molar-refractivity contribution >= 4 is 15.6 Å². The molecular weight excluding hydrogens is 550 g/mol. The van der Waals surface area contributed by atoms with Crippen LogP contribution in [0.5, 0.6) is 0 Å². The second-order valence-electron chi connectivity index (χ2n) is 8.43. The summed E-state index contributed by atoms with van der Waals surface area (Å²) in [5.74, 6) is 0. The molecule has 0 aliphatic rings. The summed E-state index contributed by atoms with van der Waals surface area (Å²) >= 11 is 0. The fourth-order valence-electron chi connectivity index (χ4n) is 4.06.